The first-order chi connectivity index (χ1) is 12.2. The molecule has 9 heteroatoms. The summed E-state index contributed by atoms with van der Waals surface area (Å²) in [5, 5.41) is 7.66. The van der Waals surface area contributed by atoms with Crippen LogP contribution in [0.3, 0.4) is 0 Å². The maximum absolute atomic E-state index is 12.6. The lowest BCUT2D eigenvalue weighted by Gasteiger charge is -2.12. The minimum Gasteiger partial charge on any atom is -0.465 e. The third-order valence-electron chi connectivity index (χ3n) is 4.00. The zero-order valence-corrected chi connectivity index (χ0v) is 16.6. The van der Waals surface area contributed by atoms with E-state index >= 15 is 0 Å². The van der Waals surface area contributed by atoms with E-state index in [1.807, 2.05) is 32.8 Å². The number of methoxy groups -OCH3 is 1. The van der Waals surface area contributed by atoms with Crippen molar-refractivity contribution in [2.45, 2.75) is 31.1 Å². The van der Waals surface area contributed by atoms with Gasteiger partial charge in [-0.2, -0.15) is 5.10 Å². The van der Waals surface area contributed by atoms with Crippen molar-refractivity contribution in [3.05, 3.63) is 23.4 Å². The summed E-state index contributed by atoms with van der Waals surface area (Å²) < 4.78 is 32.6. The summed E-state index contributed by atoms with van der Waals surface area (Å²) in [6.07, 6.45) is 0.680. The summed E-state index contributed by atoms with van der Waals surface area (Å²) in [6.45, 7) is 4.99. The number of esters is 1. The van der Waals surface area contributed by atoms with Crippen LogP contribution in [-0.2, 0) is 14.8 Å². The number of sulfonamides is 1. The summed E-state index contributed by atoms with van der Waals surface area (Å²) in [5.41, 5.74) is 1.38. The van der Waals surface area contributed by atoms with Crippen LogP contribution in [0.1, 0.15) is 42.2 Å². The summed E-state index contributed by atoms with van der Waals surface area (Å²) in [7, 11) is 1.37. The Hall–Kier alpha value is -1.97. The van der Waals surface area contributed by atoms with Crippen molar-refractivity contribution in [3.8, 4) is 0 Å². The van der Waals surface area contributed by atoms with E-state index < -0.39 is 16.0 Å². The van der Waals surface area contributed by atoms with Crippen molar-refractivity contribution in [3.63, 3.8) is 0 Å². The SMILES string of the molecule is COC(=O)c1cc(S(=O)(=O)NCCCN(C)C)cc2[nH]nc(C(C)C)c12. The van der Waals surface area contributed by atoms with Gasteiger partial charge in [-0.15, -0.1) is 0 Å². The van der Waals surface area contributed by atoms with Gasteiger partial charge in [0.25, 0.3) is 0 Å². The van der Waals surface area contributed by atoms with Crippen molar-refractivity contribution in [1.82, 2.24) is 19.8 Å². The number of aromatic amines is 1. The van der Waals surface area contributed by atoms with Crippen LogP contribution < -0.4 is 4.72 Å². The summed E-state index contributed by atoms with van der Waals surface area (Å²) in [4.78, 5) is 14.2. The van der Waals surface area contributed by atoms with E-state index in [0.29, 0.717) is 29.6 Å². The minimum absolute atomic E-state index is 0.00853. The second kappa shape index (κ2) is 8.15. The molecular formula is C17H26N4O4S. The van der Waals surface area contributed by atoms with Crippen molar-refractivity contribution in [1.29, 1.82) is 0 Å². The number of ether oxygens (including phenoxy) is 1. The van der Waals surface area contributed by atoms with E-state index in [1.165, 1.54) is 19.2 Å². The lowest BCUT2D eigenvalue weighted by atomic mass is 10.0. The van der Waals surface area contributed by atoms with Gasteiger partial charge in [0.05, 0.1) is 28.8 Å². The van der Waals surface area contributed by atoms with Crippen LogP contribution in [0.2, 0.25) is 0 Å². The molecule has 26 heavy (non-hydrogen) atoms. The molecule has 0 atom stereocenters. The quantitative estimate of drug-likeness (QED) is 0.532. The molecule has 0 unspecified atom stereocenters. The molecule has 0 aliphatic rings. The fourth-order valence-electron chi connectivity index (χ4n) is 2.69. The van der Waals surface area contributed by atoms with Gasteiger partial charge in [-0.05, 0) is 45.1 Å². The summed E-state index contributed by atoms with van der Waals surface area (Å²) in [5.74, 6) is -0.526. The number of carbonyl (C=O) groups is 1. The summed E-state index contributed by atoms with van der Waals surface area (Å²) >= 11 is 0. The van der Waals surface area contributed by atoms with E-state index in [-0.39, 0.29) is 16.4 Å². The highest BCUT2D eigenvalue weighted by molar-refractivity contribution is 7.89. The second-order valence-electron chi connectivity index (χ2n) is 6.70. The Balaban J connectivity index is 2.44. The zero-order chi connectivity index (χ0) is 19.5. The van der Waals surface area contributed by atoms with Crippen LogP contribution in [0, 0.1) is 0 Å². The van der Waals surface area contributed by atoms with Crippen LogP contribution >= 0.6 is 0 Å². The zero-order valence-electron chi connectivity index (χ0n) is 15.8. The van der Waals surface area contributed by atoms with Gasteiger partial charge in [0.15, 0.2) is 0 Å². The highest BCUT2D eigenvalue weighted by atomic mass is 32.2. The molecular weight excluding hydrogens is 356 g/mol. The molecule has 144 valence electrons. The molecule has 0 saturated carbocycles. The van der Waals surface area contributed by atoms with Crippen LogP contribution in [0.15, 0.2) is 17.0 Å². The Morgan fingerprint density at radius 2 is 2.04 bits per heavy atom. The van der Waals surface area contributed by atoms with Crippen molar-refractivity contribution >= 4 is 26.9 Å². The lowest BCUT2D eigenvalue weighted by Crippen LogP contribution is -2.27. The van der Waals surface area contributed by atoms with Crippen LogP contribution in [0.25, 0.3) is 10.9 Å². The molecule has 1 aromatic heterocycles. The molecule has 1 heterocycles. The third-order valence-corrected chi connectivity index (χ3v) is 5.44. The summed E-state index contributed by atoms with van der Waals surface area (Å²) in [6, 6.07) is 2.85. The normalized spacial score (nSPS) is 12.3. The van der Waals surface area contributed by atoms with Crippen molar-refractivity contribution in [2.75, 3.05) is 34.3 Å². The third kappa shape index (κ3) is 4.40. The van der Waals surface area contributed by atoms with Gasteiger partial charge < -0.3 is 9.64 Å². The molecule has 1 aromatic carbocycles. The molecule has 0 amide bonds. The molecule has 0 spiro atoms. The molecule has 0 aliphatic carbocycles. The maximum atomic E-state index is 12.6. The number of nitrogens with one attached hydrogen (secondary N) is 2. The largest absolute Gasteiger partial charge is 0.465 e. The number of fused-ring (bicyclic) bond motifs is 1. The van der Waals surface area contributed by atoms with Gasteiger partial charge in [-0.1, -0.05) is 13.8 Å². The number of benzene rings is 1. The average Bonchev–Trinajstić information content (AvgIpc) is 3.01. The average molecular weight is 382 g/mol. The highest BCUT2D eigenvalue weighted by Gasteiger charge is 2.23. The Morgan fingerprint density at radius 1 is 1.35 bits per heavy atom. The number of nitrogens with zero attached hydrogens (tertiary/aromatic N) is 2. The fourth-order valence-corrected chi connectivity index (χ4v) is 3.81. The molecule has 8 nitrogen and oxygen atoms in total. The lowest BCUT2D eigenvalue weighted by molar-refractivity contribution is 0.0602. The predicted molar refractivity (Wildman–Crippen MR) is 99.9 cm³/mol. The van der Waals surface area contributed by atoms with Crippen LogP contribution in [-0.4, -0.2) is 63.8 Å². The van der Waals surface area contributed by atoms with E-state index in [2.05, 4.69) is 14.9 Å². The van der Waals surface area contributed by atoms with Crippen LogP contribution in [0.4, 0.5) is 0 Å². The molecule has 2 N–H and O–H groups in total. The van der Waals surface area contributed by atoms with E-state index in [4.69, 9.17) is 4.74 Å². The maximum Gasteiger partial charge on any atom is 0.338 e. The van der Waals surface area contributed by atoms with Gasteiger partial charge in [0.1, 0.15) is 0 Å². The van der Waals surface area contributed by atoms with Crippen LogP contribution in [0.5, 0.6) is 0 Å². The Labute approximate surface area is 154 Å². The van der Waals surface area contributed by atoms with E-state index in [0.717, 1.165) is 6.54 Å². The number of hydrogen-bond donors (Lipinski definition) is 2. The number of rotatable bonds is 8. The number of H-pyrrole nitrogens is 1. The molecule has 2 rings (SSSR count). The first-order valence-electron chi connectivity index (χ1n) is 8.42. The standard InChI is InChI=1S/C17H26N4O4S/c1-11(2)16-15-13(17(22)25-5)9-12(10-14(15)19-20-16)26(23,24)18-7-6-8-21(3)4/h9-11,18H,6-8H2,1-5H3,(H,19,20). The van der Waals surface area contributed by atoms with Gasteiger partial charge in [-0.25, -0.2) is 17.9 Å². The van der Waals surface area contributed by atoms with E-state index in [9.17, 15) is 13.2 Å². The first kappa shape index (κ1) is 20.3. The Kier molecular flexibility index (Phi) is 6.38. The Bertz CT molecular complexity index is 888. The fraction of sp³-hybridized carbons (Fsp3) is 0.529. The minimum atomic E-state index is -3.75. The number of carbonyl (C=O) groups excluding carboxylic acids is 1. The topological polar surface area (TPSA) is 104 Å². The molecule has 2 aromatic rings. The first-order valence-corrected chi connectivity index (χ1v) is 9.90. The number of hydrogen-bond acceptors (Lipinski definition) is 6. The molecule has 0 saturated heterocycles. The second-order valence-corrected chi connectivity index (χ2v) is 8.47. The molecule has 0 radical (unpaired) electrons. The highest BCUT2D eigenvalue weighted by Crippen LogP contribution is 2.29. The van der Waals surface area contributed by atoms with Gasteiger partial charge >= 0.3 is 5.97 Å². The predicted octanol–water partition coefficient (Wildman–Crippen LogP) is 1.70. The monoisotopic (exact) mass is 382 g/mol. The van der Waals surface area contributed by atoms with Gasteiger partial charge in [0, 0.05) is 11.9 Å². The van der Waals surface area contributed by atoms with E-state index in [1.54, 1.807) is 0 Å². The smallest absolute Gasteiger partial charge is 0.338 e. The molecule has 0 aliphatic heterocycles. The molecule has 0 fully saturated rings. The number of aromatic nitrogens is 2. The molecule has 0 bridgehead atoms. The Morgan fingerprint density at radius 3 is 2.62 bits per heavy atom. The van der Waals surface area contributed by atoms with Crippen molar-refractivity contribution in [2.24, 2.45) is 0 Å². The van der Waals surface area contributed by atoms with Gasteiger partial charge in [-0.3, -0.25) is 5.10 Å². The van der Waals surface area contributed by atoms with Gasteiger partial charge in [0.2, 0.25) is 10.0 Å². The van der Waals surface area contributed by atoms with Crippen molar-refractivity contribution < 1.29 is 17.9 Å².